The number of carboxylic acids is 1. The van der Waals surface area contributed by atoms with E-state index in [0.717, 1.165) is 45.4 Å². The largest absolute Gasteiger partial charge is 0.478 e. The zero-order valence-corrected chi connectivity index (χ0v) is 25.1. The maximum atomic E-state index is 10.6. The molecule has 0 amide bonds. The van der Waals surface area contributed by atoms with Crippen LogP contribution >= 0.6 is 0 Å². The van der Waals surface area contributed by atoms with Gasteiger partial charge in [0, 0.05) is 11.3 Å². The van der Waals surface area contributed by atoms with Crippen molar-refractivity contribution in [1.29, 1.82) is 0 Å². The lowest BCUT2D eigenvalue weighted by molar-refractivity contribution is 0.0696. The van der Waals surface area contributed by atoms with Crippen LogP contribution in [0, 0.1) is 55.4 Å². The van der Waals surface area contributed by atoms with E-state index in [2.05, 4.69) is 44.7 Å². The molecule has 210 valence electrons. The number of aromatic carboxylic acids is 1. The first kappa shape index (κ1) is 33.6. The average molecular weight is 538 g/mol. The van der Waals surface area contributed by atoms with Gasteiger partial charge in [0.25, 0.3) is 0 Å². The quantitative estimate of drug-likeness (QED) is 0.202. The summed E-state index contributed by atoms with van der Waals surface area (Å²) < 4.78 is 0. The molecular formula is C36H43NO3. The Bertz CT molecular complexity index is 1400. The third-order valence-electron chi connectivity index (χ3n) is 6.27. The standard InChI is InChI=1S/C10H12.C9H10O2.C9H10O.C8H11N/c1-4-10-7-8(2)5-6-9(10)3;1-6-3-4-7(2)8(5-6)9(10)11;1-7-3-4-8(2)9(5-7)6-10;1-6-3-4-7(2)8(9)5-6/h4-7H,1H2,2-3H3;3-5H,1-2H3,(H,10,11);3-6H,1-2H3;3-5H,9H2,1-2H3. The van der Waals surface area contributed by atoms with Crippen LogP contribution in [-0.2, 0) is 0 Å². The van der Waals surface area contributed by atoms with Gasteiger partial charge in [-0.3, -0.25) is 4.79 Å². The van der Waals surface area contributed by atoms with E-state index in [-0.39, 0.29) is 0 Å². The predicted octanol–water partition coefficient (Wildman–Crippen LogP) is 8.95. The zero-order chi connectivity index (χ0) is 30.4. The lowest BCUT2D eigenvalue weighted by atomic mass is 10.1. The Morgan fingerprint density at radius 3 is 1.38 bits per heavy atom. The molecule has 0 bridgehead atoms. The minimum absolute atomic E-state index is 0.394. The van der Waals surface area contributed by atoms with Crippen LogP contribution in [0.25, 0.3) is 6.08 Å². The van der Waals surface area contributed by atoms with Crippen molar-refractivity contribution in [2.24, 2.45) is 0 Å². The number of anilines is 1. The van der Waals surface area contributed by atoms with E-state index in [1.54, 1.807) is 13.0 Å². The Kier molecular flexibility index (Phi) is 13.9. The molecule has 4 aromatic rings. The minimum atomic E-state index is -0.855. The molecular weight excluding hydrogens is 494 g/mol. The molecule has 0 radical (unpaired) electrons. The molecule has 40 heavy (non-hydrogen) atoms. The Morgan fingerprint density at radius 1 is 0.625 bits per heavy atom. The van der Waals surface area contributed by atoms with Gasteiger partial charge >= 0.3 is 5.97 Å². The van der Waals surface area contributed by atoms with E-state index < -0.39 is 5.97 Å². The van der Waals surface area contributed by atoms with Gasteiger partial charge in [0.2, 0.25) is 0 Å². The van der Waals surface area contributed by atoms with Crippen molar-refractivity contribution in [3.8, 4) is 0 Å². The van der Waals surface area contributed by atoms with Crippen molar-refractivity contribution in [2.45, 2.75) is 55.4 Å². The van der Waals surface area contributed by atoms with Crippen LogP contribution in [0.5, 0.6) is 0 Å². The van der Waals surface area contributed by atoms with Gasteiger partial charge in [0.05, 0.1) is 5.56 Å². The first-order chi connectivity index (χ1) is 18.8. The van der Waals surface area contributed by atoms with Gasteiger partial charge in [-0.2, -0.15) is 0 Å². The highest BCUT2D eigenvalue weighted by Gasteiger charge is 2.05. The molecule has 0 saturated carbocycles. The molecule has 0 spiro atoms. The SMILES string of the molecule is C=Cc1cc(C)ccc1C.Cc1ccc(C)c(C(=O)O)c1.Cc1ccc(C)c(C=O)c1.Cc1ccc(C)c(N)c1. The maximum Gasteiger partial charge on any atom is 0.335 e. The fraction of sp³-hybridized carbons (Fsp3) is 0.222. The van der Waals surface area contributed by atoms with Crippen LogP contribution in [0.3, 0.4) is 0 Å². The highest BCUT2D eigenvalue weighted by molar-refractivity contribution is 5.89. The Morgan fingerprint density at radius 2 is 1.02 bits per heavy atom. The summed E-state index contributed by atoms with van der Waals surface area (Å²) >= 11 is 0. The van der Waals surface area contributed by atoms with E-state index in [4.69, 9.17) is 10.8 Å². The predicted molar refractivity (Wildman–Crippen MR) is 171 cm³/mol. The van der Waals surface area contributed by atoms with E-state index in [1.807, 2.05) is 83.2 Å². The van der Waals surface area contributed by atoms with Gasteiger partial charge in [0.15, 0.2) is 0 Å². The van der Waals surface area contributed by atoms with Crippen molar-refractivity contribution in [3.63, 3.8) is 0 Å². The lowest BCUT2D eigenvalue weighted by Crippen LogP contribution is -1.99. The second kappa shape index (κ2) is 16.5. The number of aldehydes is 1. The Balaban J connectivity index is 0.000000267. The first-order valence-electron chi connectivity index (χ1n) is 13.1. The molecule has 0 saturated heterocycles. The van der Waals surface area contributed by atoms with Crippen molar-refractivity contribution < 1.29 is 14.7 Å². The summed E-state index contributed by atoms with van der Waals surface area (Å²) in [7, 11) is 0. The lowest BCUT2D eigenvalue weighted by Gasteiger charge is -2.00. The van der Waals surface area contributed by atoms with Crippen LogP contribution < -0.4 is 5.73 Å². The number of carbonyl (C=O) groups is 2. The van der Waals surface area contributed by atoms with Crippen molar-refractivity contribution in [1.82, 2.24) is 0 Å². The number of benzene rings is 4. The summed E-state index contributed by atoms with van der Waals surface area (Å²) in [5.41, 5.74) is 17.8. The van der Waals surface area contributed by atoms with Crippen LogP contribution in [0.1, 0.15) is 70.8 Å². The molecule has 3 N–H and O–H groups in total. The molecule has 0 aliphatic heterocycles. The van der Waals surface area contributed by atoms with Gasteiger partial charge in [0.1, 0.15) is 6.29 Å². The molecule has 4 aromatic carbocycles. The highest BCUT2D eigenvalue weighted by atomic mass is 16.4. The summed E-state index contributed by atoms with van der Waals surface area (Å²) in [6, 6.07) is 23.7. The van der Waals surface area contributed by atoms with Crippen LogP contribution in [-0.4, -0.2) is 17.4 Å². The second-order valence-corrected chi connectivity index (χ2v) is 10.0. The minimum Gasteiger partial charge on any atom is -0.478 e. The monoisotopic (exact) mass is 537 g/mol. The van der Waals surface area contributed by atoms with Crippen molar-refractivity contribution in [3.05, 3.63) is 141 Å². The Hall–Kier alpha value is -4.44. The number of carbonyl (C=O) groups excluding carboxylic acids is 1. The van der Waals surface area contributed by atoms with Gasteiger partial charge in [-0.25, -0.2) is 4.79 Å². The normalized spacial score (nSPS) is 9.50. The third kappa shape index (κ3) is 11.5. The van der Waals surface area contributed by atoms with E-state index in [9.17, 15) is 9.59 Å². The summed E-state index contributed by atoms with van der Waals surface area (Å²) in [5.74, 6) is -0.855. The number of hydrogen-bond donors (Lipinski definition) is 2. The number of nitrogen functional groups attached to an aromatic ring is 1. The van der Waals surface area contributed by atoms with Gasteiger partial charge in [-0.05, 0) is 107 Å². The molecule has 4 nitrogen and oxygen atoms in total. The highest BCUT2D eigenvalue weighted by Crippen LogP contribution is 2.12. The molecule has 0 atom stereocenters. The number of aryl methyl sites for hydroxylation is 8. The number of hydrogen-bond acceptors (Lipinski definition) is 3. The molecule has 0 unspecified atom stereocenters. The maximum absolute atomic E-state index is 10.6. The van der Waals surface area contributed by atoms with Crippen LogP contribution in [0.4, 0.5) is 5.69 Å². The molecule has 4 heteroatoms. The van der Waals surface area contributed by atoms with Gasteiger partial charge in [-0.15, -0.1) is 0 Å². The first-order valence-corrected chi connectivity index (χ1v) is 13.1. The summed E-state index contributed by atoms with van der Waals surface area (Å²) in [5, 5.41) is 8.69. The number of rotatable bonds is 3. The molecule has 0 aromatic heterocycles. The smallest absolute Gasteiger partial charge is 0.335 e. The van der Waals surface area contributed by atoms with Crippen LogP contribution in [0.15, 0.2) is 79.4 Å². The van der Waals surface area contributed by atoms with E-state index >= 15 is 0 Å². The molecule has 0 aliphatic carbocycles. The number of nitrogens with two attached hydrogens (primary N) is 1. The fourth-order valence-corrected chi connectivity index (χ4v) is 3.59. The van der Waals surface area contributed by atoms with Gasteiger partial charge < -0.3 is 10.8 Å². The van der Waals surface area contributed by atoms with E-state index in [1.165, 1.54) is 22.3 Å². The third-order valence-corrected chi connectivity index (χ3v) is 6.27. The zero-order valence-electron chi connectivity index (χ0n) is 25.1. The van der Waals surface area contributed by atoms with E-state index in [0.29, 0.717) is 5.56 Å². The topological polar surface area (TPSA) is 80.4 Å². The van der Waals surface area contributed by atoms with Crippen LogP contribution in [0.2, 0.25) is 0 Å². The van der Waals surface area contributed by atoms with Crippen molar-refractivity contribution >= 4 is 24.0 Å². The molecule has 0 heterocycles. The Labute approximate surface area is 240 Å². The molecule has 4 rings (SSSR count). The molecule has 0 fully saturated rings. The summed E-state index contributed by atoms with van der Waals surface area (Å²) in [6.45, 7) is 19.6. The molecule has 0 aliphatic rings. The second-order valence-electron chi connectivity index (χ2n) is 10.0. The number of carboxylic acid groups (broad SMARTS) is 1. The van der Waals surface area contributed by atoms with Gasteiger partial charge in [-0.1, -0.05) is 83.9 Å². The fourth-order valence-electron chi connectivity index (χ4n) is 3.59. The van der Waals surface area contributed by atoms with Crippen molar-refractivity contribution in [2.75, 3.05) is 5.73 Å². The average Bonchev–Trinajstić information content (AvgIpc) is 2.91. The summed E-state index contributed by atoms with van der Waals surface area (Å²) in [4.78, 5) is 21.0. The summed E-state index contributed by atoms with van der Waals surface area (Å²) in [6.07, 6.45) is 2.78.